The summed E-state index contributed by atoms with van der Waals surface area (Å²) in [5, 5.41) is 1.53. The normalized spacial score (nSPS) is 11.0. The molecular weight excluding hydrogens is 282 g/mol. The number of carbonyl (C=O) groups excluding carboxylic acids is 1. The molecule has 0 saturated carbocycles. The van der Waals surface area contributed by atoms with Gasteiger partial charge in [0.05, 0.1) is 5.69 Å². The first-order valence-electron chi connectivity index (χ1n) is 6.86. The molecule has 1 aromatic heterocycles. The molecule has 0 fully saturated rings. The van der Waals surface area contributed by atoms with Crippen molar-refractivity contribution in [2.24, 2.45) is 0 Å². The van der Waals surface area contributed by atoms with Crippen molar-refractivity contribution in [3.05, 3.63) is 57.6 Å². The molecule has 0 saturated heterocycles. The molecule has 2 nitrogen and oxygen atoms in total. The average molecular weight is 298 g/mol. The van der Waals surface area contributed by atoms with Crippen LogP contribution in [0.15, 0.2) is 30.3 Å². The van der Waals surface area contributed by atoms with E-state index in [2.05, 4.69) is 30.1 Å². The van der Waals surface area contributed by atoms with Gasteiger partial charge in [-0.3, -0.25) is 4.79 Å². The van der Waals surface area contributed by atoms with Gasteiger partial charge in [0.1, 0.15) is 0 Å². The zero-order valence-corrected chi connectivity index (χ0v) is 13.0. The van der Waals surface area contributed by atoms with Crippen LogP contribution in [-0.2, 0) is 0 Å². The summed E-state index contributed by atoms with van der Waals surface area (Å²) in [6.07, 6.45) is 0.908. The molecule has 0 radical (unpaired) electrons. The molecule has 0 unspecified atom stereocenters. The highest BCUT2D eigenvalue weighted by Gasteiger charge is 2.16. The van der Waals surface area contributed by atoms with Crippen molar-refractivity contribution in [1.82, 2.24) is 4.98 Å². The maximum atomic E-state index is 11.6. The Balaban J connectivity index is 2.40. The lowest BCUT2D eigenvalue weighted by Crippen LogP contribution is -1.89. The van der Waals surface area contributed by atoms with E-state index in [1.165, 1.54) is 5.56 Å². The maximum Gasteiger partial charge on any atom is 0.152 e. The summed E-state index contributed by atoms with van der Waals surface area (Å²) in [5.74, 6) is 0. The molecule has 0 bridgehead atoms. The van der Waals surface area contributed by atoms with Crippen LogP contribution in [0.1, 0.15) is 27.0 Å². The topological polar surface area (TPSA) is 32.9 Å². The van der Waals surface area contributed by atoms with E-state index in [9.17, 15) is 4.79 Å². The number of aldehydes is 1. The number of H-pyrrole nitrogens is 1. The fourth-order valence-electron chi connectivity index (χ4n) is 2.79. The Hall–Kier alpha value is -2.06. The van der Waals surface area contributed by atoms with Crippen molar-refractivity contribution >= 4 is 28.8 Å². The molecule has 0 spiro atoms. The van der Waals surface area contributed by atoms with Gasteiger partial charge in [0, 0.05) is 27.1 Å². The summed E-state index contributed by atoms with van der Waals surface area (Å²) in [4.78, 5) is 15.0. The second kappa shape index (κ2) is 5.05. The van der Waals surface area contributed by atoms with Crippen LogP contribution in [0.25, 0.3) is 22.2 Å². The average Bonchev–Trinajstić information content (AvgIpc) is 2.80. The molecule has 3 heteroatoms. The quantitative estimate of drug-likeness (QED) is 0.646. The van der Waals surface area contributed by atoms with E-state index in [4.69, 9.17) is 11.6 Å². The van der Waals surface area contributed by atoms with Gasteiger partial charge in [0.2, 0.25) is 0 Å². The standard InChI is InChI=1S/C18H16ClNO/c1-10-4-5-11(2)14(6-10)18-16(9-21)15-8-13(19)7-12(3)17(15)20-18/h4-9,20H,1-3H3. The molecule has 0 aliphatic heterocycles. The number of aryl methyl sites for hydroxylation is 3. The van der Waals surface area contributed by atoms with Gasteiger partial charge in [0.15, 0.2) is 6.29 Å². The fraction of sp³-hybridized carbons (Fsp3) is 0.167. The summed E-state index contributed by atoms with van der Waals surface area (Å²) in [5.41, 5.74) is 6.91. The van der Waals surface area contributed by atoms with Crippen LogP contribution < -0.4 is 0 Å². The molecule has 1 heterocycles. The van der Waals surface area contributed by atoms with Gasteiger partial charge >= 0.3 is 0 Å². The Bertz CT molecular complexity index is 861. The zero-order chi connectivity index (χ0) is 15.1. The van der Waals surface area contributed by atoms with Crippen LogP contribution in [-0.4, -0.2) is 11.3 Å². The molecule has 0 aliphatic rings. The van der Waals surface area contributed by atoms with Crippen molar-refractivity contribution in [2.45, 2.75) is 20.8 Å². The van der Waals surface area contributed by atoms with Crippen molar-refractivity contribution in [3.8, 4) is 11.3 Å². The molecule has 1 N–H and O–H groups in total. The molecule has 3 aromatic rings. The minimum Gasteiger partial charge on any atom is -0.354 e. The van der Waals surface area contributed by atoms with Crippen LogP contribution in [0.2, 0.25) is 5.02 Å². The predicted octanol–water partition coefficient (Wildman–Crippen LogP) is 5.23. The van der Waals surface area contributed by atoms with E-state index in [-0.39, 0.29) is 0 Å². The highest BCUT2D eigenvalue weighted by atomic mass is 35.5. The highest BCUT2D eigenvalue weighted by molar-refractivity contribution is 6.31. The highest BCUT2D eigenvalue weighted by Crippen LogP contribution is 2.34. The Labute approximate surface area is 128 Å². The van der Waals surface area contributed by atoms with E-state index >= 15 is 0 Å². The second-order valence-corrected chi connectivity index (χ2v) is 5.93. The molecule has 2 aromatic carbocycles. The van der Waals surface area contributed by atoms with Gasteiger partial charge in [-0.05, 0) is 50.1 Å². The molecule has 106 valence electrons. The van der Waals surface area contributed by atoms with Gasteiger partial charge < -0.3 is 4.98 Å². The summed E-state index contributed by atoms with van der Waals surface area (Å²) in [7, 11) is 0. The van der Waals surface area contributed by atoms with Crippen LogP contribution in [0.4, 0.5) is 0 Å². The number of rotatable bonds is 2. The number of halogens is 1. The lowest BCUT2D eigenvalue weighted by Gasteiger charge is -2.06. The molecule has 3 rings (SSSR count). The van der Waals surface area contributed by atoms with Crippen LogP contribution in [0, 0.1) is 20.8 Å². The number of nitrogens with one attached hydrogen (secondary N) is 1. The molecule has 0 atom stereocenters. The third kappa shape index (κ3) is 2.26. The van der Waals surface area contributed by atoms with Gasteiger partial charge in [-0.1, -0.05) is 29.3 Å². The smallest absolute Gasteiger partial charge is 0.152 e. The Morgan fingerprint density at radius 1 is 1.05 bits per heavy atom. The number of hydrogen-bond donors (Lipinski definition) is 1. The third-order valence-electron chi connectivity index (χ3n) is 3.89. The van der Waals surface area contributed by atoms with Gasteiger partial charge in [0.25, 0.3) is 0 Å². The number of fused-ring (bicyclic) bond motifs is 1. The monoisotopic (exact) mass is 297 g/mol. The van der Waals surface area contributed by atoms with Crippen LogP contribution >= 0.6 is 11.6 Å². The van der Waals surface area contributed by atoms with E-state index < -0.39 is 0 Å². The lowest BCUT2D eigenvalue weighted by molar-refractivity contribution is 0.112. The van der Waals surface area contributed by atoms with Crippen LogP contribution in [0.3, 0.4) is 0 Å². The lowest BCUT2D eigenvalue weighted by atomic mass is 9.99. The van der Waals surface area contributed by atoms with E-state index in [0.29, 0.717) is 10.6 Å². The summed E-state index contributed by atoms with van der Waals surface area (Å²) >= 11 is 6.13. The van der Waals surface area contributed by atoms with Gasteiger partial charge in [-0.25, -0.2) is 0 Å². The minimum absolute atomic E-state index is 0.648. The van der Waals surface area contributed by atoms with Gasteiger partial charge in [-0.2, -0.15) is 0 Å². The van der Waals surface area contributed by atoms with E-state index in [1.54, 1.807) is 0 Å². The van der Waals surface area contributed by atoms with Crippen molar-refractivity contribution in [2.75, 3.05) is 0 Å². The van der Waals surface area contributed by atoms with Crippen molar-refractivity contribution in [1.29, 1.82) is 0 Å². The predicted molar refractivity (Wildman–Crippen MR) is 88.3 cm³/mol. The summed E-state index contributed by atoms with van der Waals surface area (Å²) < 4.78 is 0. The number of aromatic nitrogens is 1. The summed E-state index contributed by atoms with van der Waals surface area (Å²) in [6, 6.07) is 10.00. The summed E-state index contributed by atoms with van der Waals surface area (Å²) in [6.45, 7) is 6.09. The zero-order valence-electron chi connectivity index (χ0n) is 12.3. The first-order valence-corrected chi connectivity index (χ1v) is 7.23. The van der Waals surface area contributed by atoms with E-state index in [0.717, 1.165) is 39.6 Å². The Kier molecular flexibility index (Phi) is 3.34. The number of hydrogen-bond acceptors (Lipinski definition) is 1. The largest absolute Gasteiger partial charge is 0.354 e. The molecule has 21 heavy (non-hydrogen) atoms. The second-order valence-electron chi connectivity index (χ2n) is 5.50. The molecule has 0 amide bonds. The van der Waals surface area contributed by atoms with Gasteiger partial charge in [-0.15, -0.1) is 0 Å². The van der Waals surface area contributed by atoms with Crippen LogP contribution in [0.5, 0.6) is 0 Å². The number of aromatic amines is 1. The minimum atomic E-state index is 0.648. The number of benzene rings is 2. The molecular formula is C18H16ClNO. The first-order chi connectivity index (χ1) is 10.0. The van der Waals surface area contributed by atoms with Crippen molar-refractivity contribution < 1.29 is 4.79 Å². The maximum absolute atomic E-state index is 11.6. The number of carbonyl (C=O) groups is 1. The Morgan fingerprint density at radius 2 is 1.81 bits per heavy atom. The third-order valence-corrected chi connectivity index (χ3v) is 4.11. The SMILES string of the molecule is Cc1ccc(C)c(-c2[nH]c3c(C)cc(Cl)cc3c2C=O)c1. The Morgan fingerprint density at radius 3 is 2.52 bits per heavy atom. The fourth-order valence-corrected chi connectivity index (χ4v) is 3.06. The molecule has 0 aliphatic carbocycles. The first kappa shape index (κ1) is 13.9. The van der Waals surface area contributed by atoms with Crippen molar-refractivity contribution in [3.63, 3.8) is 0 Å². The van der Waals surface area contributed by atoms with E-state index in [1.807, 2.05) is 26.0 Å².